The van der Waals surface area contributed by atoms with E-state index in [1.54, 1.807) is 18.2 Å². The van der Waals surface area contributed by atoms with E-state index in [1.165, 1.54) is 30.6 Å². The summed E-state index contributed by atoms with van der Waals surface area (Å²) in [4.78, 5) is 27.2. The number of nitrogens with zero attached hydrogens (tertiary/aromatic N) is 2. The number of aliphatic carboxylic acids is 1. The monoisotopic (exact) mass is 382 g/mol. The first kappa shape index (κ1) is 16.3. The predicted molar refractivity (Wildman–Crippen MR) is 84.0 cm³/mol. The Morgan fingerprint density at radius 3 is 2.50 bits per heavy atom. The van der Waals surface area contributed by atoms with Crippen LogP contribution in [0.2, 0.25) is 0 Å². The zero-order valence-corrected chi connectivity index (χ0v) is 13.6. The molecule has 2 aromatic rings. The van der Waals surface area contributed by atoms with E-state index in [0.29, 0.717) is 4.47 Å². The molecule has 1 amide bonds. The molecule has 2 rings (SSSR count). The van der Waals surface area contributed by atoms with Crippen LogP contribution in [-0.4, -0.2) is 31.9 Å². The van der Waals surface area contributed by atoms with Gasteiger partial charge in [0, 0.05) is 21.8 Å². The summed E-state index contributed by atoms with van der Waals surface area (Å²) in [5.41, 5.74) is 0.128. The number of pyridine rings is 1. The number of hydrogen-bond donors (Lipinski definition) is 1. The Bertz CT molecular complexity index is 830. The van der Waals surface area contributed by atoms with Gasteiger partial charge in [-0.05, 0) is 34.1 Å². The van der Waals surface area contributed by atoms with Crippen LogP contribution in [0.1, 0.15) is 10.4 Å². The molecule has 1 heterocycles. The molecular formula is C14H11BrN2O4S. The zero-order chi connectivity index (χ0) is 16.2. The van der Waals surface area contributed by atoms with Crippen molar-refractivity contribution in [3.05, 3.63) is 58.8 Å². The number of hydrogen-bond acceptors (Lipinski definition) is 4. The fraction of sp³-hybridized carbons (Fsp3) is 0.0714. The van der Waals surface area contributed by atoms with Crippen molar-refractivity contribution in [1.82, 2.24) is 4.98 Å². The summed E-state index contributed by atoms with van der Waals surface area (Å²) in [5, 5.41) is 8.97. The summed E-state index contributed by atoms with van der Waals surface area (Å²) < 4.78 is 17.1. The summed E-state index contributed by atoms with van der Waals surface area (Å²) in [5.74, 6) is -2.81. The first-order valence-corrected chi connectivity index (χ1v) is 8.55. The molecule has 0 aliphatic heterocycles. The molecule has 0 saturated carbocycles. The summed E-state index contributed by atoms with van der Waals surface area (Å²) in [7, 11) is -3.39. The third kappa shape index (κ3) is 3.99. The average molecular weight is 383 g/mol. The maximum Gasteiger partial charge on any atom is 0.317 e. The Kier molecular flexibility index (Phi) is 5.04. The summed E-state index contributed by atoms with van der Waals surface area (Å²) in [6.45, 7) is 0. The van der Waals surface area contributed by atoms with Crippen LogP contribution in [-0.2, 0) is 14.5 Å². The van der Waals surface area contributed by atoms with Crippen LogP contribution in [0.3, 0.4) is 0 Å². The molecule has 1 N–H and O–H groups in total. The molecule has 6 nitrogen and oxygen atoms in total. The maximum atomic E-state index is 12.9. The number of amides is 1. The second kappa shape index (κ2) is 6.80. The maximum absolute atomic E-state index is 12.9. The average Bonchev–Trinajstić information content (AvgIpc) is 2.47. The highest BCUT2D eigenvalue weighted by atomic mass is 79.9. The lowest BCUT2D eigenvalue weighted by Crippen LogP contribution is -2.17. The summed E-state index contributed by atoms with van der Waals surface area (Å²) in [6, 6.07) is 9.37. The van der Waals surface area contributed by atoms with Crippen molar-refractivity contribution in [3.63, 3.8) is 0 Å². The standard InChI is InChI=1S/C14H11BrN2O4S/c15-11-6-10(7-16-8-11)14(20)17-22(21,9-13(18)19)12-4-2-1-3-5-12/h1-8H,9H2,(H,18,19). The largest absolute Gasteiger partial charge is 0.481 e. The lowest BCUT2D eigenvalue weighted by atomic mass is 10.3. The Morgan fingerprint density at radius 2 is 1.91 bits per heavy atom. The molecular weight excluding hydrogens is 372 g/mol. The Morgan fingerprint density at radius 1 is 1.23 bits per heavy atom. The van der Waals surface area contributed by atoms with E-state index >= 15 is 0 Å². The van der Waals surface area contributed by atoms with Crippen LogP contribution >= 0.6 is 15.9 Å². The van der Waals surface area contributed by atoms with E-state index in [0.717, 1.165) is 0 Å². The van der Waals surface area contributed by atoms with E-state index in [4.69, 9.17) is 5.11 Å². The van der Waals surface area contributed by atoms with Crippen LogP contribution < -0.4 is 0 Å². The van der Waals surface area contributed by atoms with Gasteiger partial charge in [-0.3, -0.25) is 14.6 Å². The molecule has 0 aliphatic rings. The zero-order valence-electron chi connectivity index (χ0n) is 11.2. The quantitative estimate of drug-likeness (QED) is 0.876. The molecule has 22 heavy (non-hydrogen) atoms. The second-order valence-electron chi connectivity index (χ2n) is 4.28. The van der Waals surface area contributed by atoms with Crippen LogP contribution in [0.25, 0.3) is 0 Å². The van der Waals surface area contributed by atoms with Gasteiger partial charge >= 0.3 is 5.97 Å². The van der Waals surface area contributed by atoms with Crippen molar-refractivity contribution < 1.29 is 18.9 Å². The molecule has 1 aromatic carbocycles. The number of carboxylic acids is 1. The van der Waals surface area contributed by atoms with Crippen LogP contribution in [0, 0.1) is 0 Å². The predicted octanol–water partition coefficient (Wildman–Crippen LogP) is 2.60. The molecule has 0 bridgehead atoms. The molecule has 1 atom stereocenters. The van der Waals surface area contributed by atoms with Crippen LogP contribution in [0.15, 0.2) is 62.5 Å². The minimum absolute atomic E-state index is 0.128. The molecule has 0 aliphatic carbocycles. The second-order valence-corrected chi connectivity index (χ2v) is 7.42. The normalized spacial score (nSPS) is 13.1. The van der Waals surface area contributed by atoms with E-state index in [2.05, 4.69) is 25.3 Å². The topological polar surface area (TPSA) is 96.7 Å². The highest BCUT2D eigenvalue weighted by Crippen LogP contribution is 2.17. The van der Waals surface area contributed by atoms with Crippen molar-refractivity contribution in [1.29, 1.82) is 0 Å². The molecule has 0 saturated heterocycles. The van der Waals surface area contributed by atoms with E-state index in [-0.39, 0.29) is 10.5 Å². The van der Waals surface area contributed by atoms with E-state index in [1.807, 2.05) is 0 Å². The summed E-state index contributed by atoms with van der Waals surface area (Å²) >= 11 is 3.17. The third-order valence-corrected chi connectivity index (χ3v) is 5.15. The van der Waals surface area contributed by atoms with Gasteiger partial charge in [-0.15, -0.1) is 0 Å². The van der Waals surface area contributed by atoms with Gasteiger partial charge in [0.15, 0.2) is 0 Å². The van der Waals surface area contributed by atoms with E-state index in [9.17, 15) is 13.8 Å². The SMILES string of the molecule is O=C(O)CS(=O)(=NC(=O)c1cncc(Br)c1)c1ccccc1. The Balaban J connectivity index is 2.52. The fourth-order valence-corrected chi connectivity index (χ4v) is 3.68. The van der Waals surface area contributed by atoms with Crippen LogP contribution in [0.5, 0.6) is 0 Å². The number of halogens is 1. The lowest BCUT2D eigenvalue weighted by Gasteiger charge is -2.07. The van der Waals surface area contributed by atoms with Gasteiger partial charge in [0.1, 0.15) is 5.75 Å². The molecule has 1 unspecified atom stereocenters. The highest BCUT2D eigenvalue weighted by molar-refractivity contribution is 9.10. The first-order valence-electron chi connectivity index (χ1n) is 6.07. The van der Waals surface area contributed by atoms with Gasteiger partial charge in [0.2, 0.25) is 0 Å². The minimum atomic E-state index is -3.39. The van der Waals surface area contributed by atoms with Gasteiger partial charge in [0.05, 0.1) is 15.3 Å². The molecule has 114 valence electrons. The number of carbonyl (C=O) groups is 2. The van der Waals surface area contributed by atoms with Crippen molar-refractivity contribution in [2.75, 3.05) is 5.75 Å². The molecule has 0 radical (unpaired) electrons. The molecule has 8 heteroatoms. The van der Waals surface area contributed by atoms with Crippen molar-refractivity contribution in [3.8, 4) is 0 Å². The van der Waals surface area contributed by atoms with Crippen molar-refractivity contribution in [2.45, 2.75) is 4.90 Å². The number of rotatable bonds is 4. The Hall–Kier alpha value is -2.06. The smallest absolute Gasteiger partial charge is 0.317 e. The third-order valence-electron chi connectivity index (χ3n) is 2.61. The number of benzene rings is 1. The van der Waals surface area contributed by atoms with Gasteiger partial charge in [-0.2, -0.15) is 4.36 Å². The van der Waals surface area contributed by atoms with Gasteiger partial charge in [-0.25, -0.2) is 4.21 Å². The number of aromatic nitrogens is 1. The van der Waals surface area contributed by atoms with Crippen molar-refractivity contribution >= 4 is 37.5 Å². The number of carboxylic acid groups (broad SMARTS) is 1. The van der Waals surface area contributed by atoms with Gasteiger partial charge < -0.3 is 5.11 Å². The molecule has 1 aromatic heterocycles. The van der Waals surface area contributed by atoms with Crippen LogP contribution in [0.4, 0.5) is 0 Å². The fourth-order valence-electron chi connectivity index (χ4n) is 1.68. The molecule has 0 spiro atoms. The highest BCUT2D eigenvalue weighted by Gasteiger charge is 2.20. The Labute approximate surface area is 135 Å². The first-order chi connectivity index (χ1) is 10.4. The van der Waals surface area contributed by atoms with E-state index < -0.39 is 27.4 Å². The number of carbonyl (C=O) groups excluding carboxylic acids is 1. The summed E-state index contributed by atoms with van der Waals surface area (Å²) in [6.07, 6.45) is 2.77. The molecule has 0 fully saturated rings. The van der Waals surface area contributed by atoms with Gasteiger partial charge in [-0.1, -0.05) is 18.2 Å². The lowest BCUT2D eigenvalue weighted by molar-refractivity contribution is -0.134. The van der Waals surface area contributed by atoms with Crippen molar-refractivity contribution in [2.24, 2.45) is 4.36 Å². The van der Waals surface area contributed by atoms with Gasteiger partial charge in [0.25, 0.3) is 5.91 Å². The minimum Gasteiger partial charge on any atom is -0.481 e.